The van der Waals surface area contributed by atoms with Gasteiger partial charge in [-0.1, -0.05) is 0 Å². The van der Waals surface area contributed by atoms with Gasteiger partial charge in [0.25, 0.3) is 0 Å². The van der Waals surface area contributed by atoms with Crippen LogP contribution in [0.2, 0.25) is 0 Å². The van der Waals surface area contributed by atoms with Crippen molar-refractivity contribution in [1.82, 2.24) is 0 Å². The van der Waals surface area contributed by atoms with Crippen molar-refractivity contribution in [2.45, 2.75) is 58.0 Å². The lowest BCUT2D eigenvalue weighted by molar-refractivity contribution is -0.269. The quantitative estimate of drug-likeness (QED) is 0.631. The van der Waals surface area contributed by atoms with Gasteiger partial charge in [-0.25, -0.2) is 0 Å². The Balaban J connectivity index is 2.42. The van der Waals surface area contributed by atoms with E-state index < -0.39 is 0 Å². The summed E-state index contributed by atoms with van der Waals surface area (Å²) < 4.78 is 11.2. The van der Waals surface area contributed by atoms with Gasteiger partial charge >= 0.3 is 0 Å². The average Bonchev–Trinajstić information content (AvgIpc) is 1.97. The minimum Gasteiger partial charge on any atom is -0.350 e. The largest absolute Gasteiger partial charge is 0.350 e. The monoisotopic (exact) mass is 186 g/mol. The third kappa shape index (κ3) is 3.44. The summed E-state index contributed by atoms with van der Waals surface area (Å²) in [5.74, 6) is 0. The SMILES string of the molecule is CC1CC(C)(C)OC(CCC=O)O1. The number of aldehydes is 1. The van der Waals surface area contributed by atoms with Crippen LogP contribution in [0.15, 0.2) is 0 Å². The summed E-state index contributed by atoms with van der Waals surface area (Å²) in [5, 5.41) is 0. The van der Waals surface area contributed by atoms with Crippen molar-refractivity contribution in [3.05, 3.63) is 0 Å². The second-order valence-corrected chi connectivity index (χ2v) is 4.20. The van der Waals surface area contributed by atoms with E-state index in [0.29, 0.717) is 12.8 Å². The van der Waals surface area contributed by atoms with Crippen molar-refractivity contribution < 1.29 is 14.3 Å². The fourth-order valence-electron chi connectivity index (χ4n) is 1.76. The summed E-state index contributed by atoms with van der Waals surface area (Å²) in [5.41, 5.74) is -0.120. The minimum atomic E-state index is -0.205. The summed E-state index contributed by atoms with van der Waals surface area (Å²) in [7, 11) is 0. The van der Waals surface area contributed by atoms with Crippen LogP contribution in [0.5, 0.6) is 0 Å². The fraction of sp³-hybridized carbons (Fsp3) is 0.900. The normalized spacial score (nSPS) is 32.8. The highest BCUT2D eigenvalue weighted by atomic mass is 16.7. The summed E-state index contributed by atoms with van der Waals surface area (Å²) in [4.78, 5) is 10.2. The molecule has 3 heteroatoms. The minimum absolute atomic E-state index is 0.120. The molecule has 13 heavy (non-hydrogen) atoms. The summed E-state index contributed by atoms with van der Waals surface area (Å²) >= 11 is 0. The maximum Gasteiger partial charge on any atom is 0.159 e. The van der Waals surface area contributed by atoms with Crippen LogP contribution < -0.4 is 0 Å². The van der Waals surface area contributed by atoms with Gasteiger partial charge in [0.1, 0.15) is 6.29 Å². The lowest BCUT2D eigenvalue weighted by Crippen LogP contribution is -2.42. The predicted molar refractivity (Wildman–Crippen MR) is 49.4 cm³/mol. The highest BCUT2D eigenvalue weighted by Gasteiger charge is 2.32. The van der Waals surface area contributed by atoms with Crippen LogP contribution in [-0.4, -0.2) is 24.3 Å². The second-order valence-electron chi connectivity index (χ2n) is 4.20. The summed E-state index contributed by atoms with van der Waals surface area (Å²) in [6.07, 6.45) is 3.00. The Kier molecular flexibility index (Phi) is 3.45. The van der Waals surface area contributed by atoms with E-state index in [1.165, 1.54) is 0 Å². The Morgan fingerprint density at radius 2 is 2.23 bits per heavy atom. The zero-order chi connectivity index (χ0) is 9.90. The molecule has 0 saturated carbocycles. The van der Waals surface area contributed by atoms with Crippen LogP contribution in [-0.2, 0) is 14.3 Å². The molecule has 0 radical (unpaired) electrons. The van der Waals surface area contributed by atoms with Gasteiger partial charge < -0.3 is 14.3 Å². The highest BCUT2D eigenvalue weighted by Crippen LogP contribution is 2.28. The van der Waals surface area contributed by atoms with Crippen molar-refractivity contribution in [1.29, 1.82) is 0 Å². The lowest BCUT2D eigenvalue weighted by Gasteiger charge is -2.39. The predicted octanol–water partition coefficient (Wildman–Crippen LogP) is 1.90. The molecular weight excluding hydrogens is 168 g/mol. The number of carbonyl (C=O) groups excluding carboxylic acids is 1. The van der Waals surface area contributed by atoms with Crippen molar-refractivity contribution >= 4 is 6.29 Å². The van der Waals surface area contributed by atoms with Crippen LogP contribution >= 0.6 is 0 Å². The molecule has 0 aromatic heterocycles. The van der Waals surface area contributed by atoms with Gasteiger partial charge in [-0.05, 0) is 20.8 Å². The number of hydrogen-bond acceptors (Lipinski definition) is 3. The smallest absolute Gasteiger partial charge is 0.159 e. The van der Waals surface area contributed by atoms with E-state index in [0.717, 1.165) is 12.7 Å². The first-order valence-electron chi connectivity index (χ1n) is 4.80. The van der Waals surface area contributed by atoms with Crippen LogP contribution in [0.4, 0.5) is 0 Å². The van der Waals surface area contributed by atoms with Gasteiger partial charge in [0.15, 0.2) is 6.29 Å². The first kappa shape index (κ1) is 10.7. The maximum atomic E-state index is 10.2. The van der Waals surface area contributed by atoms with E-state index in [2.05, 4.69) is 13.8 Å². The zero-order valence-electron chi connectivity index (χ0n) is 8.58. The molecule has 1 saturated heterocycles. The van der Waals surface area contributed by atoms with Crippen LogP contribution in [0.3, 0.4) is 0 Å². The Bertz CT molecular complexity index is 177. The van der Waals surface area contributed by atoms with E-state index >= 15 is 0 Å². The van der Waals surface area contributed by atoms with Gasteiger partial charge in [-0.2, -0.15) is 0 Å². The van der Waals surface area contributed by atoms with Crippen molar-refractivity contribution in [2.24, 2.45) is 0 Å². The first-order valence-corrected chi connectivity index (χ1v) is 4.80. The molecule has 0 aliphatic carbocycles. The Morgan fingerprint density at radius 3 is 2.77 bits per heavy atom. The number of carbonyl (C=O) groups is 1. The molecule has 0 N–H and O–H groups in total. The van der Waals surface area contributed by atoms with E-state index in [9.17, 15) is 4.79 Å². The summed E-state index contributed by atoms with van der Waals surface area (Å²) in [6, 6.07) is 0. The Morgan fingerprint density at radius 1 is 1.54 bits per heavy atom. The number of ether oxygens (including phenoxy) is 2. The van der Waals surface area contributed by atoms with Crippen molar-refractivity contribution in [3.63, 3.8) is 0 Å². The van der Waals surface area contributed by atoms with Gasteiger partial charge in [0.2, 0.25) is 0 Å². The van der Waals surface area contributed by atoms with Crippen LogP contribution in [0.1, 0.15) is 40.0 Å². The molecule has 2 unspecified atom stereocenters. The van der Waals surface area contributed by atoms with Gasteiger partial charge in [0.05, 0.1) is 11.7 Å². The summed E-state index contributed by atoms with van der Waals surface area (Å²) in [6.45, 7) is 6.15. The molecule has 2 atom stereocenters. The average molecular weight is 186 g/mol. The molecular formula is C10H18O3. The van der Waals surface area contributed by atoms with Crippen LogP contribution in [0.25, 0.3) is 0 Å². The highest BCUT2D eigenvalue weighted by molar-refractivity contribution is 5.49. The lowest BCUT2D eigenvalue weighted by atomic mass is 10.00. The molecule has 0 amide bonds. The molecule has 1 aliphatic rings. The van der Waals surface area contributed by atoms with Crippen LogP contribution in [0, 0.1) is 0 Å². The zero-order valence-corrected chi connectivity index (χ0v) is 8.58. The van der Waals surface area contributed by atoms with Crippen molar-refractivity contribution in [2.75, 3.05) is 0 Å². The van der Waals surface area contributed by atoms with Gasteiger partial charge in [-0.15, -0.1) is 0 Å². The molecule has 1 fully saturated rings. The third-order valence-corrected chi connectivity index (χ3v) is 2.13. The van der Waals surface area contributed by atoms with Gasteiger partial charge in [0, 0.05) is 19.3 Å². The van der Waals surface area contributed by atoms with E-state index in [1.54, 1.807) is 0 Å². The molecule has 1 rings (SSSR count). The number of hydrogen-bond donors (Lipinski definition) is 0. The Hall–Kier alpha value is -0.410. The Labute approximate surface area is 79.4 Å². The topological polar surface area (TPSA) is 35.5 Å². The molecule has 0 bridgehead atoms. The molecule has 1 aliphatic heterocycles. The molecule has 3 nitrogen and oxygen atoms in total. The maximum absolute atomic E-state index is 10.2. The fourth-order valence-corrected chi connectivity index (χ4v) is 1.76. The van der Waals surface area contributed by atoms with E-state index in [1.807, 2.05) is 6.92 Å². The number of rotatable bonds is 3. The molecule has 0 aromatic carbocycles. The molecule has 1 heterocycles. The van der Waals surface area contributed by atoms with Gasteiger partial charge in [-0.3, -0.25) is 0 Å². The van der Waals surface area contributed by atoms with E-state index in [-0.39, 0.29) is 18.0 Å². The van der Waals surface area contributed by atoms with E-state index in [4.69, 9.17) is 9.47 Å². The molecule has 0 aromatic rings. The van der Waals surface area contributed by atoms with Crippen molar-refractivity contribution in [3.8, 4) is 0 Å². The third-order valence-electron chi connectivity index (χ3n) is 2.13. The standard InChI is InChI=1S/C10H18O3/c1-8-7-10(2,3)13-9(12-8)5-4-6-11/h6,8-9H,4-5,7H2,1-3H3. The molecule has 76 valence electrons. The molecule has 0 spiro atoms. The second kappa shape index (κ2) is 4.20. The first-order chi connectivity index (χ1) is 6.03.